The summed E-state index contributed by atoms with van der Waals surface area (Å²) in [6.07, 6.45) is -2.47. The largest absolute Gasteiger partial charge is 0.399 e. The predicted molar refractivity (Wildman–Crippen MR) is 60.9 cm³/mol. The standard InChI is InChI=1S/C11H20F3N3/c1-7-3-4-8(2)17(5-7)6-9(10(15)16)11(12,13)14/h7-9H,3-6H2,1-2H3,(H3,15,16). The number of likely N-dealkylation sites (tertiary alicyclic amines) is 1. The number of hydrogen-bond donors (Lipinski definition) is 2. The third-order valence-corrected chi connectivity index (χ3v) is 3.43. The van der Waals surface area contributed by atoms with Crippen LogP contribution in [0, 0.1) is 17.2 Å². The number of nitrogens with two attached hydrogens (primary N) is 1. The summed E-state index contributed by atoms with van der Waals surface area (Å²) >= 11 is 0. The van der Waals surface area contributed by atoms with Gasteiger partial charge in [-0.15, -0.1) is 0 Å². The average Bonchev–Trinajstić information content (AvgIpc) is 2.17. The Labute approximate surface area is 99.7 Å². The van der Waals surface area contributed by atoms with Crippen molar-refractivity contribution in [2.75, 3.05) is 13.1 Å². The molecule has 0 amide bonds. The number of rotatable bonds is 3. The highest BCUT2D eigenvalue weighted by Gasteiger charge is 2.43. The summed E-state index contributed by atoms with van der Waals surface area (Å²) in [5.41, 5.74) is 5.06. The maximum atomic E-state index is 12.7. The summed E-state index contributed by atoms with van der Waals surface area (Å²) in [4.78, 5) is 1.80. The molecular formula is C11H20F3N3. The maximum Gasteiger partial charge on any atom is 0.399 e. The second-order valence-corrected chi connectivity index (χ2v) is 5.03. The SMILES string of the molecule is CC1CCC(C)N(CC(C(=N)N)C(F)(F)F)C1. The fraction of sp³-hybridized carbons (Fsp3) is 0.909. The van der Waals surface area contributed by atoms with Gasteiger partial charge in [-0.1, -0.05) is 6.92 Å². The molecule has 3 nitrogen and oxygen atoms in total. The molecule has 0 aromatic heterocycles. The second kappa shape index (κ2) is 5.25. The van der Waals surface area contributed by atoms with E-state index in [0.29, 0.717) is 12.5 Å². The summed E-state index contributed by atoms with van der Waals surface area (Å²) in [6.45, 7) is 4.43. The van der Waals surface area contributed by atoms with Gasteiger partial charge in [0.2, 0.25) is 0 Å². The van der Waals surface area contributed by atoms with Crippen molar-refractivity contribution >= 4 is 5.84 Å². The Morgan fingerprint density at radius 2 is 2.00 bits per heavy atom. The molecule has 1 fully saturated rings. The first-order chi connectivity index (χ1) is 7.71. The summed E-state index contributed by atoms with van der Waals surface area (Å²) in [6, 6.07) is 0.135. The molecule has 0 aromatic rings. The van der Waals surface area contributed by atoms with Crippen LogP contribution in [0.4, 0.5) is 13.2 Å². The Kier molecular flexibility index (Phi) is 4.41. The molecule has 1 rings (SSSR count). The molecule has 0 saturated carbocycles. The van der Waals surface area contributed by atoms with Crippen molar-refractivity contribution in [3.05, 3.63) is 0 Å². The number of piperidine rings is 1. The minimum atomic E-state index is -4.42. The Morgan fingerprint density at radius 3 is 2.47 bits per heavy atom. The van der Waals surface area contributed by atoms with E-state index in [1.165, 1.54) is 0 Å². The number of nitrogens with zero attached hydrogens (tertiary/aromatic N) is 1. The van der Waals surface area contributed by atoms with Gasteiger partial charge in [0.05, 0.1) is 0 Å². The lowest BCUT2D eigenvalue weighted by atomic mass is 9.93. The van der Waals surface area contributed by atoms with E-state index in [0.717, 1.165) is 12.8 Å². The first-order valence-electron chi connectivity index (χ1n) is 5.86. The van der Waals surface area contributed by atoms with Crippen LogP contribution in [-0.4, -0.2) is 36.0 Å². The Bertz CT molecular complexity index is 278. The molecule has 1 aliphatic heterocycles. The van der Waals surface area contributed by atoms with E-state index in [1.54, 1.807) is 4.90 Å². The Hall–Kier alpha value is -0.780. The van der Waals surface area contributed by atoms with Crippen LogP contribution in [0.25, 0.3) is 0 Å². The lowest BCUT2D eigenvalue weighted by molar-refractivity contribution is -0.162. The number of amidine groups is 1. The third-order valence-electron chi connectivity index (χ3n) is 3.43. The summed E-state index contributed by atoms with van der Waals surface area (Å²) < 4.78 is 38.1. The van der Waals surface area contributed by atoms with Crippen LogP contribution in [0.3, 0.4) is 0 Å². The molecule has 6 heteroatoms. The van der Waals surface area contributed by atoms with Gasteiger partial charge in [0, 0.05) is 19.1 Å². The smallest absolute Gasteiger partial charge is 0.387 e. The van der Waals surface area contributed by atoms with Gasteiger partial charge in [0.1, 0.15) is 11.8 Å². The lowest BCUT2D eigenvalue weighted by Gasteiger charge is -2.38. The van der Waals surface area contributed by atoms with Crippen molar-refractivity contribution in [1.82, 2.24) is 4.90 Å². The monoisotopic (exact) mass is 251 g/mol. The van der Waals surface area contributed by atoms with Crippen molar-refractivity contribution in [1.29, 1.82) is 5.41 Å². The second-order valence-electron chi connectivity index (χ2n) is 5.03. The van der Waals surface area contributed by atoms with Crippen LogP contribution in [0.15, 0.2) is 0 Å². The van der Waals surface area contributed by atoms with Crippen molar-refractivity contribution in [3.63, 3.8) is 0 Å². The summed E-state index contributed by atoms with van der Waals surface area (Å²) in [5, 5.41) is 7.07. The van der Waals surface area contributed by atoms with Crippen molar-refractivity contribution in [2.45, 2.75) is 38.9 Å². The van der Waals surface area contributed by atoms with Crippen molar-refractivity contribution in [3.8, 4) is 0 Å². The molecule has 100 valence electrons. The zero-order chi connectivity index (χ0) is 13.2. The molecule has 3 atom stereocenters. The van der Waals surface area contributed by atoms with E-state index in [4.69, 9.17) is 11.1 Å². The number of halogens is 3. The van der Waals surface area contributed by atoms with Gasteiger partial charge in [-0.25, -0.2) is 0 Å². The van der Waals surface area contributed by atoms with Crippen LogP contribution in [-0.2, 0) is 0 Å². The predicted octanol–water partition coefficient (Wildman–Crippen LogP) is 2.22. The molecule has 17 heavy (non-hydrogen) atoms. The van der Waals surface area contributed by atoms with Gasteiger partial charge >= 0.3 is 6.18 Å². The van der Waals surface area contributed by atoms with Crippen LogP contribution in [0.1, 0.15) is 26.7 Å². The molecule has 0 bridgehead atoms. The van der Waals surface area contributed by atoms with Crippen LogP contribution in [0.2, 0.25) is 0 Å². The highest BCUT2D eigenvalue weighted by atomic mass is 19.4. The van der Waals surface area contributed by atoms with E-state index in [1.807, 2.05) is 13.8 Å². The van der Waals surface area contributed by atoms with Gasteiger partial charge in [-0.2, -0.15) is 13.2 Å². The molecule has 1 saturated heterocycles. The third kappa shape index (κ3) is 3.87. The Balaban J connectivity index is 2.69. The topological polar surface area (TPSA) is 53.1 Å². The molecular weight excluding hydrogens is 231 g/mol. The normalized spacial score (nSPS) is 29.0. The van der Waals surface area contributed by atoms with Gasteiger partial charge < -0.3 is 5.73 Å². The molecule has 0 spiro atoms. The molecule has 3 unspecified atom stereocenters. The minimum Gasteiger partial charge on any atom is -0.387 e. The number of hydrogen-bond acceptors (Lipinski definition) is 2. The van der Waals surface area contributed by atoms with Gasteiger partial charge in [-0.3, -0.25) is 10.3 Å². The van der Waals surface area contributed by atoms with Crippen molar-refractivity contribution in [2.24, 2.45) is 17.6 Å². The zero-order valence-electron chi connectivity index (χ0n) is 10.2. The van der Waals surface area contributed by atoms with Crippen molar-refractivity contribution < 1.29 is 13.2 Å². The molecule has 3 N–H and O–H groups in total. The van der Waals surface area contributed by atoms with Gasteiger partial charge in [0.15, 0.2) is 0 Å². The number of nitrogens with one attached hydrogen (secondary N) is 1. The summed E-state index contributed by atoms with van der Waals surface area (Å²) in [5.74, 6) is -2.22. The zero-order valence-corrected chi connectivity index (χ0v) is 10.2. The quantitative estimate of drug-likeness (QED) is 0.597. The fourth-order valence-electron chi connectivity index (χ4n) is 2.25. The molecule has 0 aliphatic carbocycles. The molecule has 0 aromatic carbocycles. The molecule has 1 heterocycles. The average molecular weight is 251 g/mol. The van der Waals surface area contributed by atoms with Crippen LogP contribution in [0.5, 0.6) is 0 Å². The highest BCUT2D eigenvalue weighted by molar-refractivity contribution is 5.80. The first-order valence-corrected chi connectivity index (χ1v) is 5.86. The minimum absolute atomic E-state index is 0.135. The van der Waals surface area contributed by atoms with E-state index in [2.05, 4.69) is 0 Å². The van der Waals surface area contributed by atoms with Gasteiger partial charge in [-0.05, 0) is 25.7 Å². The first kappa shape index (κ1) is 14.3. The number of alkyl halides is 3. The van der Waals surface area contributed by atoms with E-state index < -0.39 is 17.9 Å². The van der Waals surface area contributed by atoms with E-state index in [9.17, 15) is 13.2 Å². The fourth-order valence-corrected chi connectivity index (χ4v) is 2.25. The maximum absolute atomic E-state index is 12.7. The van der Waals surface area contributed by atoms with E-state index >= 15 is 0 Å². The summed E-state index contributed by atoms with van der Waals surface area (Å²) in [7, 11) is 0. The lowest BCUT2D eigenvalue weighted by Crippen LogP contribution is -2.49. The van der Waals surface area contributed by atoms with Crippen LogP contribution < -0.4 is 5.73 Å². The van der Waals surface area contributed by atoms with E-state index in [-0.39, 0.29) is 12.6 Å². The van der Waals surface area contributed by atoms with Crippen LogP contribution >= 0.6 is 0 Å². The van der Waals surface area contributed by atoms with Gasteiger partial charge in [0.25, 0.3) is 0 Å². The highest BCUT2D eigenvalue weighted by Crippen LogP contribution is 2.30. The Morgan fingerprint density at radius 1 is 1.41 bits per heavy atom. The molecule has 1 aliphatic rings. The molecule has 0 radical (unpaired) electrons.